The maximum Gasteiger partial charge on any atom is 0.0602 e. The molecule has 3 nitrogen and oxygen atoms in total. The molecule has 1 aromatic rings. The Morgan fingerprint density at radius 2 is 2.00 bits per heavy atom. The molecule has 0 bridgehead atoms. The van der Waals surface area contributed by atoms with Gasteiger partial charge in [0.1, 0.15) is 0 Å². The van der Waals surface area contributed by atoms with E-state index in [-0.39, 0.29) is 5.41 Å². The number of aromatic nitrogens is 1. The number of H-pyrrole nitrogens is 1. The molecule has 1 aromatic heterocycles. The van der Waals surface area contributed by atoms with Crippen molar-refractivity contribution >= 4 is 0 Å². The van der Waals surface area contributed by atoms with Gasteiger partial charge in [-0.1, -0.05) is 0 Å². The summed E-state index contributed by atoms with van der Waals surface area (Å²) in [6.07, 6.45) is 6.87. The summed E-state index contributed by atoms with van der Waals surface area (Å²) in [4.78, 5) is 3.38. The highest BCUT2D eigenvalue weighted by atomic mass is 16.5. The smallest absolute Gasteiger partial charge is 0.0602 e. The minimum absolute atomic E-state index is 0.267. The Morgan fingerprint density at radius 1 is 1.25 bits per heavy atom. The maximum atomic E-state index is 5.98. The van der Waals surface area contributed by atoms with E-state index >= 15 is 0 Å². The summed E-state index contributed by atoms with van der Waals surface area (Å²) in [5, 5.41) is 0. The summed E-state index contributed by atoms with van der Waals surface area (Å²) >= 11 is 0. The van der Waals surface area contributed by atoms with Crippen molar-refractivity contribution in [3.8, 4) is 0 Å². The fraction of sp³-hybridized carbons (Fsp3) is 0.692. The average molecular weight is 220 g/mol. The van der Waals surface area contributed by atoms with Crippen LogP contribution in [0.2, 0.25) is 0 Å². The molecule has 0 unspecified atom stereocenters. The van der Waals surface area contributed by atoms with E-state index in [9.17, 15) is 0 Å². The van der Waals surface area contributed by atoms with Crippen LogP contribution in [0.1, 0.15) is 31.4 Å². The molecule has 0 radical (unpaired) electrons. The fourth-order valence-corrected chi connectivity index (χ4v) is 3.24. The van der Waals surface area contributed by atoms with Gasteiger partial charge in [-0.2, -0.15) is 0 Å². The first-order chi connectivity index (χ1) is 7.81. The fourth-order valence-electron chi connectivity index (χ4n) is 3.24. The highest BCUT2D eigenvalue weighted by molar-refractivity contribution is 5.23. The summed E-state index contributed by atoms with van der Waals surface area (Å²) < 4.78 is 5.49. The van der Waals surface area contributed by atoms with E-state index in [0.29, 0.717) is 6.04 Å². The van der Waals surface area contributed by atoms with Crippen molar-refractivity contribution in [3.05, 3.63) is 24.0 Å². The number of aromatic amines is 1. The van der Waals surface area contributed by atoms with E-state index in [4.69, 9.17) is 10.5 Å². The van der Waals surface area contributed by atoms with Crippen LogP contribution in [0.5, 0.6) is 0 Å². The van der Waals surface area contributed by atoms with E-state index in [1.165, 1.54) is 31.4 Å². The summed E-state index contributed by atoms with van der Waals surface area (Å²) in [5.41, 5.74) is 7.61. The van der Waals surface area contributed by atoms with Crippen molar-refractivity contribution in [2.45, 2.75) is 37.1 Å². The van der Waals surface area contributed by atoms with Crippen molar-refractivity contribution in [2.24, 2.45) is 11.7 Å². The molecule has 0 atom stereocenters. The van der Waals surface area contributed by atoms with Crippen LogP contribution >= 0.6 is 0 Å². The number of hydrogen-bond donors (Lipinski definition) is 2. The Labute approximate surface area is 96.4 Å². The van der Waals surface area contributed by atoms with Crippen LogP contribution in [0, 0.1) is 5.92 Å². The molecular weight excluding hydrogens is 200 g/mol. The number of ether oxygens (including phenoxy) is 1. The lowest BCUT2D eigenvalue weighted by molar-refractivity contribution is -0.100. The van der Waals surface area contributed by atoms with Gasteiger partial charge in [-0.3, -0.25) is 0 Å². The molecule has 2 aliphatic rings. The average Bonchev–Trinajstić information content (AvgIpc) is 2.73. The molecule has 2 heterocycles. The zero-order valence-corrected chi connectivity index (χ0v) is 9.61. The molecule has 1 saturated heterocycles. The molecule has 88 valence electrons. The minimum Gasteiger partial charge on any atom is -0.379 e. The first-order valence-electron chi connectivity index (χ1n) is 6.28. The topological polar surface area (TPSA) is 51.0 Å². The Bertz CT molecular complexity index is 335. The van der Waals surface area contributed by atoms with Crippen molar-refractivity contribution in [1.29, 1.82) is 0 Å². The lowest BCUT2D eigenvalue weighted by atomic mass is 9.65. The quantitative estimate of drug-likeness (QED) is 0.798. The number of hydrogen-bond acceptors (Lipinski definition) is 2. The lowest BCUT2D eigenvalue weighted by Crippen LogP contribution is -2.54. The zero-order chi connectivity index (χ0) is 11.0. The molecule has 16 heavy (non-hydrogen) atoms. The van der Waals surface area contributed by atoms with Gasteiger partial charge in [0, 0.05) is 17.9 Å². The summed E-state index contributed by atoms with van der Waals surface area (Å²) in [6, 6.07) is 4.72. The molecule has 3 heteroatoms. The van der Waals surface area contributed by atoms with Crippen LogP contribution < -0.4 is 5.73 Å². The zero-order valence-electron chi connectivity index (χ0n) is 9.61. The van der Waals surface area contributed by atoms with Crippen molar-refractivity contribution in [1.82, 2.24) is 4.98 Å². The van der Waals surface area contributed by atoms with Gasteiger partial charge >= 0.3 is 0 Å². The van der Waals surface area contributed by atoms with Gasteiger partial charge in [-0.25, -0.2) is 0 Å². The Balaban J connectivity index is 1.80. The highest BCUT2D eigenvalue weighted by Gasteiger charge is 2.48. The van der Waals surface area contributed by atoms with Gasteiger partial charge in [0.2, 0.25) is 0 Å². The second-order valence-corrected chi connectivity index (χ2v) is 5.34. The summed E-state index contributed by atoms with van der Waals surface area (Å²) in [5.74, 6) is 0.750. The number of nitrogens with one attached hydrogen (secondary N) is 1. The molecule has 0 aromatic carbocycles. The predicted molar refractivity (Wildman–Crippen MR) is 63.2 cm³/mol. The third kappa shape index (κ3) is 1.50. The molecule has 0 amide bonds. The van der Waals surface area contributed by atoms with Gasteiger partial charge in [-0.15, -0.1) is 0 Å². The minimum atomic E-state index is 0.267. The molecule has 3 rings (SSSR count). The largest absolute Gasteiger partial charge is 0.379 e. The molecule has 2 fully saturated rings. The van der Waals surface area contributed by atoms with E-state index < -0.39 is 0 Å². The molecule has 1 saturated carbocycles. The van der Waals surface area contributed by atoms with Crippen molar-refractivity contribution in [2.75, 3.05) is 13.2 Å². The monoisotopic (exact) mass is 220 g/mol. The van der Waals surface area contributed by atoms with E-state index in [1.54, 1.807) is 0 Å². The third-order valence-corrected chi connectivity index (χ3v) is 4.41. The molecule has 1 aliphatic heterocycles. The normalized spacial score (nSPS) is 33.3. The number of nitrogens with two attached hydrogens (primary N) is 1. The standard InChI is InChI=1S/C13H20N2O/c14-11-5-3-10(4-6-11)13(8-16-9-13)12-2-1-7-15-12/h1-2,7,10-11,15H,3-6,8-9,14H2. The molecule has 3 N–H and O–H groups in total. The van der Waals surface area contributed by atoms with Gasteiger partial charge in [-0.05, 0) is 43.7 Å². The molecular formula is C13H20N2O. The van der Waals surface area contributed by atoms with Crippen LogP contribution in [-0.4, -0.2) is 24.2 Å². The van der Waals surface area contributed by atoms with Crippen LogP contribution in [-0.2, 0) is 10.2 Å². The Kier molecular flexibility index (Phi) is 2.52. The van der Waals surface area contributed by atoms with Crippen LogP contribution in [0.4, 0.5) is 0 Å². The Morgan fingerprint density at radius 3 is 2.50 bits per heavy atom. The molecule has 0 spiro atoms. The van der Waals surface area contributed by atoms with Gasteiger partial charge in [0.25, 0.3) is 0 Å². The van der Waals surface area contributed by atoms with Gasteiger partial charge < -0.3 is 15.5 Å². The third-order valence-electron chi connectivity index (χ3n) is 4.41. The first kappa shape index (κ1) is 10.4. The summed E-state index contributed by atoms with van der Waals surface area (Å²) in [6.45, 7) is 1.76. The predicted octanol–water partition coefficient (Wildman–Crippen LogP) is 1.80. The van der Waals surface area contributed by atoms with Crippen molar-refractivity contribution < 1.29 is 4.74 Å². The van der Waals surface area contributed by atoms with E-state index in [1.807, 2.05) is 6.20 Å². The maximum absolute atomic E-state index is 5.98. The number of rotatable bonds is 2. The van der Waals surface area contributed by atoms with Gasteiger partial charge in [0.15, 0.2) is 0 Å². The Hall–Kier alpha value is -0.800. The SMILES string of the molecule is NC1CCC(C2(c3ccc[nH]3)COC2)CC1. The lowest BCUT2D eigenvalue weighted by Gasteiger charge is -2.48. The summed E-state index contributed by atoms with van der Waals surface area (Å²) in [7, 11) is 0. The second kappa shape index (κ2) is 3.90. The van der Waals surface area contributed by atoms with Gasteiger partial charge in [0.05, 0.1) is 18.6 Å². The van der Waals surface area contributed by atoms with E-state index in [0.717, 1.165) is 19.1 Å². The van der Waals surface area contributed by atoms with E-state index in [2.05, 4.69) is 17.1 Å². The van der Waals surface area contributed by atoms with Crippen molar-refractivity contribution in [3.63, 3.8) is 0 Å². The van der Waals surface area contributed by atoms with Crippen LogP contribution in [0.15, 0.2) is 18.3 Å². The molecule has 1 aliphatic carbocycles. The highest BCUT2D eigenvalue weighted by Crippen LogP contribution is 2.45. The van der Waals surface area contributed by atoms with Crippen LogP contribution in [0.3, 0.4) is 0 Å². The first-order valence-corrected chi connectivity index (χ1v) is 6.28. The second-order valence-electron chi connectivity index (χ2n) is 5.34. The van der Waals surface area contributed by atoms with Crippen LogP contribution in [0.25, 0.3) is 0 Å².